The maximum atomic E-state index is 9.55. The molecule has 2 bridgehead atoms. The van der Waals surface area contributed by atoms with Gasteiger partial charge in [-0.05, 0) is 63.7 Å². The first kappa shape index (κ1) is 18.2. The smallest absolute Gasteiger partial charge is 0.328 e. The summed E-state index contributed by atoms with van der Waals surface area (Å²) in [5, 5.41) is 23.0. The largest absolute Gasteiger partial charge is 0.478 e. The first-order valence-corrected chi connectivity index (χ1v) is 8.72. The summed E-state index contributed by atoms with van der Waals surface area (Å²) in [6, 6.07) is 0. The molecule has 0 spiro atoms. The lowest BCUT2D eigenvalue weighted by Crippen LogP contribution is -2.46. The van der Waals surface area contributed by atoms with Gasteiger partial charge < -0.3 is 15.1 Å². The van der Waals surface area contributed by atoms with E-state index in [4.69, 9.17) is 10.2 Å². The number of carbonyl (C=O) groups is 2. The third-order valence-corrected chi connectivity index (χ3v) is 6.00. The molecule has 3 N–H and O–H groups in total. The van der Waals surface area contributed by atoms with E-state index >= 15 is 0 Å². The number of aromatic nitrogens is 2. The van der Waals surface area contributed by atoms with E-state index in [0.717, 1.165) is 15.0 Å². The van der Waals surface area contributed by atoms with Crippen molar-refractivity contribution < 1.29 is 19.8 Å². The molecule has 1 aromatic rings. The van der Waals surface area contributed by atoms with E-state index in [1.54, 1.807) is 0 Å². The molecular weight excluding hydrogens is 434 g/mol. The fourth-order valence-corrected chi connectivity index (χ4v) is 3.77. The van der Waals surface area contributed by atoms with Crippen molar-refractivity contribution in [2.75, 3.05) is 19.6 Å². The van der Waals surface area contributed by atoms with Crippen LogP contribution in [0.1, 0.15) is 24.5 Å². The number of aliphatic carboxylic acids is 2. The minimum atomic E-state index is -1.26. The van der Waals surface area contributed by atoms with E-state index in [-0.39, 0.29) is 0 Å². The highest BCUT2D eigenvalue weighted by atomic mass is 79.9. The molecule has 0 amide bonds. The van der Waals surface area contributed by atoms with Crippen molar-refractivity contribution >= 4 is 43.8 Å². The molecule has 3 aliphatic heterocycles. The first-order chi connectivity index (χ1) is 10.9. The number of halogens is 2. The lowest BCUT2D eigenvalue weighted by atomic mass is 9.77. The number of nitrogens with one attached hydrogen (secondary N) is 1. The van der Waals surface area contributed by atoms with Crippen LogP contribution in [0.4, 0.5) is 0 Å². The Hall–Kier alpha value is -1.19. The van der Waals surface area contributed by atoms with Crippen LogP contribution in [-0.2, 0) is 9.59 Å². The minimum absolute atomic E-state index is 0.558. The van der Waals surface area contributed by atoms with Gasteiger partial charge in [0.05, 0.1) is 10.2 Å². The van der Waals surface area contributed by atoms with E-state index < -0.39 is 11.9 Å². The van der Waals surface area contributed by atoms with E-state index in [1.165, 1.54) is 38.2 Å². The molecule has 1 atom stereocenters. The van der Waals surface area contributed by atoms with Crippen molar-refractivity contribution in [3.63, 3.8) is 0 Å². The summed E-state index contributed by atoms with van der Waals surface area (Å²) in [6.07, 6.45) is 3.80. The molecule has 0 aromatic carbocycles. The molecule has 3 fully saturated rings. The Morgan fingerprint density at radius 3 is 2.09 bits per heavy atom. The van der Waals surface area contributed by atoms with Crippen LogP contribution in [0, 0.1) is 5.92 Å². The molecule has 0 aliphatic carbocycles. The zero-order chi connectivity index (χ0) is 17.0. The zero-order valence-corrected chi connectivity index (χ0v) is 15.4. The summed E-state index contributed by atoms with van der Waals surface area (Å²) in [5.74, 6) is -1.03. The summed E-state index contributed by atoms with van der Waals surface area (Å²) < 4.78 is 2.01. The van der Waals surface area contributed by atoms with Gasteiger partial charge in [0.25, 0.3) is 0 Å². The predicted octanol–water partition coefficient (Wildman–Crippen LogP) is 2.46. The van der Waals surface area contributed by atoms with Crippen molar-refractivity contribution in [3.05, 3.63) is 26.9 Å². The third-order valence-electron chi connectivity index (χ3n) is 4.09. The van der Waals surface area contributed by atoms with Gasteiger partial charge in [0, 0.05) is 24.6 Å². The number of fused-ring (bicyclic) bond motifs is 3. The second-order valence-electron chi connectivity index (χ2n) is 5.50. The summed E-state index contributed by atoms with van der Waals surface area (Å²) >= 11 is 7.03. The van der Waals surface area contributed by atoms with E-state index in [1.807, 2.05) is 0 Å². The van der Waals surface area contributed by atoms with Crippen LogP contribution in [0.2, 0.25) is 0 Å². The van der Waals surface area contributed by atoms with Crippen molar-refractivity contribution in [2.45, 2.75) is 18.8 Å². The van der Waals surface area contributed by atoms with Crippen molar-refractivity contribution in [1.82, 2.24) is 15.1 Å². The van der Waals surface area contributed by atoms with Crippen LogP contribution >= 0.6 is 31.9 Å². The van der Waals surface area contributed by atoms with Gasteiger partial charge in [0.1, 0.15) is 4.60 Å². The van der Waals surface area contributed by atoms with E-state index in [0.29, 0.717) is 18.1 Å². The van der Waals surface area contributed by atoms with Crippen molar-refractivity contribution in [2.24, 2.45) is 5.92 Å². The average Bonchev–Trinajstić information content (AvgIpc) is 2.86. The Balaban J connectivity index is 0.000000207. The maximum Gasteiger partial charge on any atom is 0.328 e. The normalized spacial score (nSPS) is 25.9. The lowest BCUT2D eigenvalue weighted by molar-refractivity contribution is -0.134. The van der Waals surface area contributed by atoms with Crippen molar-refractivity contribution in [3.8, 4) is 0 Å². The Labute approximate surface area is 150 Å². The molecule has 4 heterocycles. The highest BCUT2D eigenvalue weighted by Gasteiger charge is 2.37. The van der Waals surface area contributed by atoms with Crippen LogP contribution in [-0.4, -0.2) is 56.9 Å². The fourth-order valence-electron chi connectivity index (χ4n) is 3.00. The Kier molecular flexibility index (Phi) is 6.37. The molecule has 4 rings (SSSR count). The predicted molar refractivity (Wildman–Crippen MR) is 90.3 cm³/mol. The molecule has 1 aromatic heterocycles. The first-order valence-electron chi connectivity index (χ1n) is 7.14. The number of rotatable bonds is 3. The molecule has 1 unspecified atom stereocenters. The summed E-state index contributed by atoms with van der Waals surface area (Å²) in [5.41, 5.74) is 1.27. The van der Waals surface area contributed by atoms with Gasteiger partial charge >= 0.3 is 11.9 Å². The van der Waals surface area contributed by atoms with Gasteiger partial charge in [-0.25, -0.2) is 9.59 Å². The van der Waals surface area contributed by atoms with Crippen LogP contribution in [0.5, 0.6) is 0 Å². The standard InChI is InChI=1S/C10H13Br2N3.C4H4O4/c11-8-9(13-14-10(8)12)7-5-15-3-1-6(7)2-4-15;5-3(6)1-2-4(7)8/h6-7H,1-5H2,(H,13,14);1-2H,(H,5,6)(H,7,8). The number of carboxylic acids is 2. The molecule has 7 nitrogen and oxygen atoms in total. The second kappa shape index (κ2) is 8.07. The molecule has 0 saturated carbocycles. The summed E-state index contributed by atoms with van der Waals surface area (Å²) in [6.45, 7) is 3.76. The Morgan fingerprint density at radius 1 is 1.17 bits per heavy atom. The fraction of sp³-hybridized carbons (Fsp3) is 0.500. The number of piperidine rings is 3. The summed E-state index contributed by atoms with van der Waals surface area (Å²) in [4.78, 5) is 21.7. The molecule has 3 saturated heterocycles. The molecule has 0 radical (unpaired) electrons. The number of hydrogen-bond donors (Lipinski definition) is 3. The number of nitrogens with zero attached hydrogens (tertiary/aromatic N) is 2. The molecule has 23 heavy (non-hydrogen) atoms. The molecule has 9 heteroatoms. The number of carboxylic acid groups (broad SMARTS) is 2. The molecular formula is C14H17Br2N3O4. The Bertz CT molecular complexity index is 593. The second-order valence-corrected chi connectivity index (χ2v) is 7.04. The highest BCUT2D eigenvalue weighted by molar-refractivity contribution is 9.13. The van der Waals surface area contributed by atoms with Crippen LogP contribution < -0.4 is 0 Å². The molecule has 3 aliphatic rings. The summed E-state index contributed by atoms with van der Waals surface area (Å²) in [7, 11) is 0. The highest BCUT2D eigenvalue weighted by Crippen LogP contribution is 2.41. The Morgan fingerprint density at radius 2 is 1.74 bits per heavy atom. The van der Waals surface area contributed by atoms with E-state index in [9.17, 15) is 9.59 Å². The quantitative estimate of drug-likeness (QED) is 0.610. The van der Waals surface area contributed by atoms with Gasteiger partial charge in [0.15, 0.2) is 0 Å². The number of hydrogen-bond acceptors (Lipinski definition) is 4. The van der Waals surface area contributed by atoms with Gasteiger partial charge in [-0.1, -0.05) is 0 Å². The van der Waals surface area contributed by atoms with Crippen LogP contribution in [0.25, 0.3) is 0 Å². The third kappa shape index (κ3) is 4.89. The van der Waals surface area contributed by atoms with Crippen LogP contribution in [0.3, 0.4) is 0 Å². The SMILES string of the molecule is Brc1n[nH]c(C2CN3CCC2CC3)c1Br.O=C(O)C=CC(=O)O. The average molecular weight is 451 g/mol. The van der Waals surface area contributed by atoms with Gasteiger partial charge in [-0.3, -0.25) is 5.10 Å². The van der Waals surface area contributed by atoms with Crippen molar-refractivity contribution in [1.29, 1.82) is 0 Å². The van der Waals surface area contributed by atoms with Gasteiger partial charge in [-0.2, -0.15) is 5.10 Å². The minimum Gasteiger partial charge on any atom is -0.478 e. The van der Waals surface area contributed by atoms with Gasteiger partial charge in [0.2, 0.25) is 0 Å². The number of aromatic amines is 1. The maximum absolute atomic E-state index is 9.55. The topological polar surface area (TPSA) is 107 Å². The van der Waals surface area contributed by atoms with Gasteiger partial charge in [-0.15, -0.1) is 0 Å². The lowest BCUT2D eigenvalue weighted by Gasteiger charge is -2.44. The van der Waals surface area contributed by atoms with E-state index in [2.05, 4.69) is 47.0 Å². The monoisotopic (exact) mass is 449 g/mol. The number of H-pyrrole nitrogens is 1. The zero-order valence-electron chi connectivity index (χ0n) is 12.2. The molecule has 126 valence electrons. The van der Waals surface area contributed by atoms with Crippen LogP contribution in [0.15, 0.2) is 21.2 Å².